The Hall–Kier alpha value is -2.34. The van der Waals surface area contributed by atoms with Crippen LogP contribution in [-0.4, -0.2) is 29.9 Å². The molecule has 0 bridgehead atoms. The predicted molar refractivity (Wildman–Crippen MR) is 86.9 cm³/mol. The molecule has 0 saturated carbocycles. The topological polar surface area (TPSA) is 68.3 Å². The van der Waals surface area contributed by atoms with Crippen LogP contribution in [0.4, 0.5) is 5.82 Å². The number of aromatic nitrogens is 2. The number of fused-ring (bicyclic) bond motifs is 2. The summed E-state index contributed by atoms with van der Waals surface area (Å²) in [5, 5.41) is 6.89. The Morgan fingerprint density at radius 2 is 2.00 bits per heavy atom. The number of nitrogens with one attached hydrogen (secondary N) is 2. The second-order valence-corrected chi connectivity index (χ2v) is 5.84. The number of nitrogens with zero attached hydrogens (tertiary/aromatic N) is 2. The monoisotopic (exact) mass is 312 g/mol. The van der Waals surface area contributed by atoms with Crippen LogP contribution in [0, 0.1) is 6.92 Å². The van der Waals surface area contributed by atoms with Crippen LogP contribution in [0.1, 0.15) is 22.6 Å². The third kappa shape index (κ3) is 2.94. The van der Waals surface area contributed by atoms with Crippen LogP contribution in [0.15, 0.2) is 18.2 Å². The van der Waals surface area contributed by atoms with Crippen molar-refractivity contribution < 1.29 is 9.47 Å². The molecule has 23 heavy (non-hydrogen) atoms. The van der Waals surface area contributed by atoms with Crippen molar-refractivity contribution in [2.24, 2.45) is 0 Å². The number of hydrogen-bond donors (Lipinski definition) is 2. The predicted octanol–water partition coefficient (Wildman–Crippen LogP) is 1.81. The minimum atomic E-state index is 0.303. The standard InChI is InChI=1S/C17H20N4O2/c1-11-20-14-5-7-18-6-4-13(14)17(21-11)19-9-12-2-3-15-16(8-12)23-10-22-15/h2-3,8,18H,4-7,9-10H2,1H3,(H,19,20,21). The number of anilines is 1. The van der Waals surface area contributed by atoms with Crippen LogP contribution in [0.25, 0.3) is 0 Å². The lowest BCUT2D eigenvalue weighted by Crippen LogP contribution is -2.16. The Balaban J connectivity index is 1.56. The molecule has 1 aromatic carbocycles. The second-order valence-electron chi connectivity index (χ2n) is 5.84. The Morgan fingerprint density at radius 1 is 1.13 bits per heavy atom. The molecule has 6 nitrogen and oxygen atoms in total. The van der Waals surface area contributed by atoms with Gasteiger partial charge in [-0.25, -0.2) is 9.97 Å². The van der Waals surface area contributed by atoms with Gasteiger partial charge in [-0.3, -0.25) is 0 Å². The van der Waals surface area contributed by atoms with Crippen molar-refractivity contribution in [3.63, 3.8) is 0 Å². The summed E-state index contributed by atoms with van der Waals surface area (Å²) < 4.78 is 10.8. The van der Waals surface area contributed by atoms with E-state index in [1.165, 1.54) is 5.56 Å². The van der Waals surface area contributed by atoms with E-state index < -0.39 is 0 Å². The maximum atomic E-state index is 5.43. The summed E-state index contributed by atoms with van der Waals surface area (Å²) in [6, 6.07) is 6.02. The van der Waals surface area contributed by atoms with Crippen molar-refractivity contribution in [2.75, 3.05) is 25.2 Å². The van der Waals surface area contributed by atoms with Crippen LogP contribution in [0.3, 0.4) is 0 Å². The zero-order valence-electron chi connectivity index (χ0n) is 13.2. The van der Waals surface area contributed by atoms with Crippen molar-refractivity contribution in [1.29, 1.82) is 0 Å². The average Bonchev–Trinajstić information content (AvgIpc) is 2.89. The van der Waals surface area contributed by atoms with Crippen LogP contribution in [0.2, 0.25) is 0 Å². The summed E-state index contributed by atoms with van der Waals surface area (Å²) in [5.74, 6) is 3.39. The molecule has 0 spiro atoms. The van der Waals surface area contributed by atoms with Crippen LogP contribution in [-0.2, 0) is 19.4 Å². The van der Waals surface area contributed by atoms with Gasteiger partial charge >= 0.3 is 0 Å². The highest BCUT2D eigenvalue weighted by Crippen LogP contribution is 2.32. The fourth-order valence-electron chi connectivity index (χ4n) is 3.05. The first-order chi connectivity index (χ1) is 11.3. The fraction of sp³-hybridized carbons (Fsp3) is 0.412. The van der Waals surface area contributed by atoms with Crippen LogP contribution >= 0.6 is 0 Å². The molecular formula is C17H20N4O2. The van der Waals surface area contributed by atoms with Crippen molar-refractivity contribution in [3.05, 3.63) is 40.8 Å². The summed E-state index contributed by atoms with van der Waals surface area (Å²) in [6.07, 6.45) is 1.91. The van der Waals surface area contributed by atoms with E-state index in [0.29, 0.717) is 13.3 Å². The van der Waals surface area contributed by atoms with Gasteiger partial charge in [-0.2, -0.15) is 0 Å². The molecule has 0 aliphatic carbocycles. The normalized spacial score (nSPS) is 15.9. The van der Waals surface area contributed by atoms with Crippen LogP contribution < -0.4 is 20.1 Å². The smallest absolute Gasteiger partial charge is 0.231 e. The lowest BCUT2D eigenvalue weighted by molar-refractivity contribution is 0.174. The van der Waals surface area contributed by atoms with E-state index in [2.05, 4.69) is 26.7 Å². The number of benzene rings is 1. The van der Waals surface area contributed by atoms with E-state index in [1.54, 1.807) is 0 Å². The maximum Gasteiger partial charge on any atom is 0.231 e. The maximum absolute atomic E-state index is 5.43. The van der Waals surface area contributed by atoms with Gasteiger partial charge in [0.2, 0.25) is 6.79 Å². The molecule has 0 unspecified atom stereocenters. The Kier molecular flexibility index (Phi) is 3.75. The molecule has 0 radical (unpaired) electrons. The molecular weight excluding hydrogens is 292 g/mol. The second kappa shape index (κ2) is 6.04. The average molecular weight is 312 g/mol. The number of ether oxygens (including phenoxy) is 2. The van der Waals surface area contributed by atoms with Crippen LogP contribution in [0.5, 0.6) is 11.5 Å². The van der Waals surface area contributed by atoms with Crippen molar-refractivity contribution in [1.82, 2.24) is 15.3 Å². The largest absolute Gasteiger partial charge is 0.454 e. The SMILES string of the molecule is Cc1nc2c(c(NCc3ccc4c(c3)OCO4)n1)CCNCC2. The molecule has 2 aromatic rings. The van der Waals surface area contributed by atoms with Gasteiger partial charge < -0.3 is 20.1 Å². The van der Waals surface area contributed by atoms with E-state index in [-0.39, 0.29) is 0 Å². The molecule has 6 heteroatoms. The highest BCUT2D eigenvalue weighted by molar-refractivity contribution is 5.49. The lowest BCUT2D eigenvalue weighted by atomic mass is 10.1. The number of hydrogen-bond acceptors (Lipinski definition) is 6. The van der Waals surface area contributed by atoms with E-state index in [9.17, 15) is 0 Å². The highest BCUT2D eigenvalue weighted by atomic mass is 16.7. The summed E-state index contributed by atoms with van der Waals surface area (Å²) >= 11 is 0. The molecule has 0 atom stereocenters. The Labute approximate surface area is 135 Å². The number of aryl methyl sites for hydroxylation is 1. The Bertz CT molecular complexity index is 733. The Morgan fingerprint density at radius 3 is 2.96 bits per heavy atom. The van der Waals surface area contributed by atoms with Gasteiger partial charge in [-0.15, -0.1) is 0 Å². The van der Waals surface area contributed by atoms with Crippen molar-refractivity contribution in [2.45, 2.75) is 26.3 Å². The van der Waals surface area contributed by atoms with E-state index >= 15 is 0 Å². The summed E-state index contributed by atoms with van der Waals surface area (Å²) in [6.45, 7) is 4.90. The molecule has 120 valence electrons. The van der Waals surface area contributed by atoms with Crippen molar-refractivity contribution in [3.8, 4) is 11.5 Å². The van der Waals surface area contributed by atoms with Gasteiger partial charge in [-0.1, -0.05) is 6.07 Å². The van der Waals surface area contributed by atoms with Gasteiger partial charge in [0, 0.05) is 25.1 Å². The molecule has 2 aliphatic rings. The fourth-order valence-corrected chi connectivity index (χ4v) is 3.05. The molecule has 3 heterocycles. The van der Waals surface area contributed by atoms with Crippen molar-refractivity contribution >= 4 is 5.82 Å². The van der Waals surface area contributed by atoms with Gasteiger partial charge in [0.15, 0.2) is 11.5 Å². The van der Waals surface area contributed by atoms with Gasteiger partial charge in [0.05, 0.1) is 5.69 Å². The zero-order chi connectivity index (χ0) is 15.6. The first kappa shape index (κ1) is 14.3. The minimum absolute atomic E-state index is 0.303. The third-order valence-electron chi connectivity index (χ3n) is 4.19. The quantitative estimate of drug-likeness (QED) is 0.901. The lowest BCUT2D eigenvalue weighted by Gasteiger charge is -2.14. The van der Waals surface area contributed by atoms with E-state index in [4.69, 9.17) is 9.47 Å². The molecule has 2 aliphatic heterocycles. The molecule has 2 N–H and O–H groups in total. The summed E-state index contributed by atoms with van der Waals surface area (Å²) in [4.78, 5) is 9.22. The van der Waals surface area contributed by atoms with Gasteiger partial charge in [0.25, 0.3) is 0 Å². The molecule has 0 fully saturated rings. The minimum Gasteiger partial charge on any atom is -0.454 e. The van der Waals surface area contributed by atoms with E-state index in [1.807, 2.05) is 19.1 Å². The third-order valence-corrected chi connectivity index (χ3v) is 4.19. The summed E-state index contributed by atoms with van der Waals surface area (Å²) in [5.41, 5.74) is 3.54. The highest BCUT2D eigenvalue weighted by Gasteiger charge is 2.16. The molecule has 4 rings (SSSR count). The molecule has 0 amide bonds. The zero-order valence-corrected chi connectivity index (χ0v) is 13.2. The molecule has 1 aromatic heterocycles. The van der Waals surface area contributed by atoms with E-state index in [0.717, 1.165) is 60.3 Å². The number of rotatable bonds is 3. The van der Waals surface area contributed by atoms with Gasteiger partial charge in [-0.05, 0) is 37.6 Å². The first-order valence-electron chi connectivity index (χ1n) is 7.99. The first-order valence-corrected chi connectivity index (χ1v) is 7.99. The summed E-state index contributed by atoms with van der Waals surface area (Å²) in [7, 11) is 0. The molecule has 0 saturated heterocycles. The van der Waals surface area contributed by atoms with Gasteiger partial charge in [0.1, 0.15) is 11.6 Å².